The van der Waals surface area contributed by atoms with E-state index < -0.39 is 0 Å². The third kappa shape index (κ3) is 6.22. The van der Waals surface area contributed by atoms with Gasteiger partial charge in [0.15, 0.2) is 0 Å². The van der Waals surface area contributed by atoms with Gasteiger partial charge in [-0.05, 0) is 151 Å². The Hall–Kier alpha value is -6.32. The molecule has 0 spiro atoms. The Balaban J connectivity index is 1.11. The molecule has 4 aliphatic rings. The summed E-state index contributed by atoms with van der Waals surface area (Å²) in [5, 5.41) is 0. The summed E-state index contributed by atoms with van der Waals surface area (Å²) in [7, 11) is 0. The molecule has 0 amide bonds. The van der Waals surface area contributed by atoms with E-state index in [9.17, 15) is 0 Å². The molecular formula is C60H57BN2. The van der Waals surface area contributed by atoms with Crippen LogP contribution in [0.4, 0.5) is 34.1 Å². The van der Waals surface area contributed by atoms with E-state index in [1.165, 1.54) is 106 Å². The standard InChI is InChI=1S/C60H57BN2/c1-38-34-54-57-55(35-38)63(45-28-22-40(23-29-45)39-16-11-10-12-17-39)53-37-43(59(5,6)7)26-32-50(53)61(57)51-36-42(58(2,3)4)27-33-52(51)62(54)44-30-24-41(25-31-44)46-19-15-21-49-56(46)47-18-13-14-20-48(47)60(49,8)9/h10-14,16-20,22-37H,15,21H2,1-9H3. The Morgan fingerprint density at radius 2 is 1.10 bits per heavy atom. The van der Waals surface area contributed by atoms with Gasteiger partial charge >= 0.3 is 0 Å². The molecular weight excluding hydrogens is 759 g/mol. The smallest absolute Gasteiger partial charge is 0.252 e. The number of fused-ring (bicyclic) bond motifs is 6. The van der Waals surface area contributed by atoms with Crippen molar-refractivity contribution in [1.82, 2.24) is 0 Å². The first kappa shape index (κ1) is 39.5. The SMILES string of the molecule is Cc1cc2c3c(c1)N(c1ccc(-c4ccccc4)cc1)c1cc(C(C)(C)C)ccc1B3c1cc(C(C)(C)C)ccc1N2c1ccc(C2=CCCC3=C2c2ccccc2C3(C)C)cc1. The van der Waals surface area contributed by atoms with Crippen LogP contribution in [0.5, 0.6) is 0 Å². The number of rotatable bonds is 4. The average Bonchev–Trinajstić information content (AvgIpc) is 3.51. The van der Waals surface area contributed by atoms with Crippen LogP contribution in [0.15, 0.2) is 163 Å². The van der Waals surface area contributed by atoms with E-state index in [0.717, 1.165) is 12.8 Å². The van der Waals surface area contributed by atoms with Crippen molar-refractivity contribution < 1.29 is 0 Å². The summed E-state index contributed by atoms with van der Waals surface area (Å²) in [6, 6.07) is 58.0. The van der Waals surface area contributed by atoms with E-state index in [1.807, 2.05) is 0 Å². The molecule has 0 saturated carbocycles. The number of hydrogen-bond acceptors (Lipinski definition) is 2. The second-order valence-corrected chi connectivity index (χ2v) is 21.0. The molecule has 0 bridgehead atoms. The summed E-state index contributed by atoms with van der Waals surface area (Å²) >= 11 is 0. The fourth-order valence-corrected chi connectivity index (χ4v) is 11.2. The fourth-order valence-electron chi connectivity index (χ4n) is 11.2. The Bertz CT molecular complexity index is 3040. The van der Waals surface area contributed by atoms with Crippen LogP contribution in [0.25, 0.3) is 22.3 Å². The highest BCUT2D eigenvalue weighted by molar-refractivity contribution is 7.00. The number of hydrogen-bond donors (Lipinski definition) is 0. The maximum Gasteiger partial charge on any atom is 0.252 e. The van der Waals surface area contributed by atoms with Crippen molar-refractivity contribution in [3.05, 3.63) is 197 Å². The number of allylic oxidation sites excluding steroid dienone is 4. The summed E-state index contributed by atoms with van der Waals surface area (Å²) in [6.07, 6.45) is 4.68. The molecule has 2 aliphatic heterocycles. The van der Waals surface area contributed by atoms with Crippen LogP contribution < -0.4 is 26.2 Å². The van der Waals surface area contributed by atoms with Crippen molar-refractivity contribution in [2.75, 3.05) is 9.80 Å². The van der Waals surface area contributed by atoms with Gasteiger partial charge in [-0.25, -0.2) is 0 Å². The third-order valence-electron chi connectivity index (χ3n) is 14.6. The van der Waals surface area contributed by atoms with Crippen LogP contribution >= 0.6 is 0 Å². The summed E-state index contributed by atoms with van der Waals surface area (Å²) in [4.78, 5) is 5.12. The minimum absolute atomic E-state index is 0.00725. The number of aryl methyl sites for hydroxylation is 1. The highest BCUT2D eigenvalue weighted by Crippen LogP contribution is 2.55. The van der Waals surface area contributed by atoms with Crippen molar-refractivity contribution in [1.29, 1.82) is 0 Å². The molecule has 0 N–H and O–H groups in total. The van der Waals surface area contributed by atoms with E-state index >= 15 is 0 Å². The summed E-state index contributed by atoms with van der Waals surface area (Å²) < 4.78 is 0. The normalized spacial score (nSPS) is 16.0. The van der Waals surface area contributed by atoms with E-state index in [0.29, 0.717) is 0 Å². The molecule has 0 atom stereocenters. The Labute approximate surface area is 375 Å². The van der Waals surface area contributed by atoms with Crippen molar-refractivity contribution in [2.24, 2.45) is 0 Å². The lowest BCUT2D eigenvalue weighted by Gasteiger charge is -2.45. The van der Waals surface area contributed by atoms with Gasteiger partial charge in [-0.2, -0.15) is 0 Å². The van der Waals surface area contributed by atoms with Gasteiger partial charge in [-0.3, -0.25) is 0 Å². The van der Waals surface area contributed by atoms with Gasteiger partial charge in [0.05, 0.1) is 0 Å². The lowest BCUT2D eigenvalue weighted by Crippen LogP contribution is -2.61. The predicted molar refractivity (Wildman–Crippen MR) is 272 cm³/mol. The molecule has 7 aromatic rings. The Kier molecular flexibility index (Phi) is 8.84. The van der Waals surface area contributed by atoms with E-state index in [-0.39, 0.29) is 23.0 Å². The van der Waals surface area contributed by atoms with Crippen molar-refractivity contribution in [3.63, 3.8) is 0 Å². The van der Waals surface area contributed by atoms with Gasteiger partial charge in [-0.15, -0.1) is 0 Å². The van der Waals surface area contributed by atoms with Gasteiger partial charge in [0.25, 0.3) is 6.71 Å². The van der Waals surface area contributed by atoms with Gasteiger partial charge in [0.2, 0.25) is 0 Å². The van der Waals surface area contributed by atoms with Crippen LogP contribution in [0.2, 0.25) is 0 Å². The van der Waals surface area contributed by atoms with Crippen LogP contribution in [0, 0.1) is 6.92 Å². The topological polar surface area (TPSA) is 6.48 Å². The van der Waals surface area contributed by atoms with Gasteiger partial charge in [0.1, 0.15) is 0 Å². The molecule has 11 rings (SSSR count). The largest absolute Gasteiger partial charge is 0.311 e. The Morgan fingerprint density at radius 3 is 1.76 bits per heavy atom. The average molecular weight is 817 g/mol. The summed E-state index contributed by atoms with van der Waals surface area (Å²) in [6.45, 7) is 21.2. The van der Waals surface area contributed by atoms with Crippen LogP contribution in [-0.4, -0.2) is 6.71 Å². The van der Waals surface area contributed by atoms with Crippen LogP contribution in [0.3, 0.4) is 0 Å². The molecule has 2 nitrogen and oxygen atoms in total. The second-order valence-electron chi connectivity index (χ2n) is 21.0. The van der Waals surface area contributed by atoms with Crippen molar-refractivity contribution in [3.8, 4) is 11.1 Å². The maximum absolute atomic E-state index is 2.56. The Morgan fingerprint density at radius 1 is 0.524 bits per heavy atom. The fraction of sp³-hybridized carbons (Fsp3) is 0.233. The third-order valence-corrected chi connectivity index (χ3v) is 14.6. The molecule has 63 heavy (non-hydrogen) atoms. The summed E-state index contributed by atoms with van der Waals surface area (Å²) in [5.41, 5.74) is 26.4. The zero-order valence-corrected chi connectivity index (χ0v) is 38.4. The number of benzene rings is 7. The predicted octanol–water partition coefficient (Wildman–Crippen LogP) is 14.3. The van der Waals surface area contributed by atoms with Gasteiger partial charge in [0, 0.05) is 39.5 Å². The highest BCUT2D eigenvalue weighted by atomic mass is 15.2. The zero-order valence-electron chi connectivity index (χ0n) is 38.4. The van der Waals surface area contributed by atoms with Crippen molar-refractivity contribution >= 4 is 68.4 Å². The van der Waals surface area contributed by atoms with E-state index in [2.05, 4.69) is 230 Å². The van der Waals surface area contributed by atoms with Crippen molar-refractivity contribution in [2.45, 2.75) is 91.4 Å². The van der Waals surface area contributed by atoms with Gasteiger partial charge in [-0.1, -0.05) is 170 Å². The lowest BCUT2D eigenvalue weighted by atomic mass is 9.33. The molecule has 310 valence electrons. The summed E-state index contributed by atoms with van der Waals surface area (Å²) in [5.74, 6) is 0. The molecule has 0 aromatic heterocycles. The molecule has 0 radical (unpaired) electrons. The molecule has 0 saturated heterocycles. The number of nitrogens with zero attached hydrogens (tertiary/aromatic N) is 2. The zero-order chi connectivity index (χ0) is 43.6. The maximum atomic E-state index is 2.56. The van der Waals surface area contributed by atoms with E-state index in [1.54, 1.807) is 5.57 Å². The van der Waals surface area contributed by atoms with E-state index in [4.69, 9.17) is 0 Å². The molecule has 0 unspecified atom stereocenters. The molecule has 2 heterocycles. The number of anilines is 6. The quantitative estimate of drug-likeness (QED) is 0.163. The molecule has 3 heteroatoms. The first-order valence-electron chi connectivity index (χ1n) is 23.0. The first-order chi connectivity index (χ1) is 30.2. The van der Waals surface area contributed by atoms with Gasteiger partial charge < -0.3 is 9.80 Å². The molecule has 7 aromatic carbocycles. The molecule has 2 aliphatic carbocycles. The minimum Gasteiger partial charge on any atom is -0.311 e. The first-order valence-corrected chi connectivity index (χ1v) is 23.0. The van der Waals surface area contributed by atoms with Crippen LogP contribution in [-0.2, 0) is 16.2 Å². The molecule has 0 fully saturated rings. The van der Waals surface area contributed by atoms with Crippen LogP contribution in [0.1, 0.15) is 102 Å². The monoisotopic (exact) mass is 816 g/mol. The lowest BCUT2D eigenvalue weighted by molar-refractivity contribution is 0.590. The minimum atomic E-state index is -0.00806. The highest BCUT2D eigenvalue weighted by Gasteiger charge is 2.45. The second kappa shape index (κ2) is 14.1.